The highest BCUT2D eigenvalue weighted by Crippen LogP contribution is 2.25. The summed E-state index contributed by atoms with van der Waals surface area (Å²) in [6.07, 6.45) is 3.67. The molecule has 1 N–H and O–H groups in total. The Hall–Kier alpha value is -1.49. The van der Waals surface area contributed by atoms with E-state index in [4.69, 9.17) is 4.74 Å². The Labute approximate surface area is 167 Å². The summed E-state index contributed by atoms with van der Waals surface area (Å²) >= 11 is 0. The molecule has 1 aromatic heterocycles. The zero-order valence-corrected chi connectivity index (χ0v) is 17.6. The highest BCUT2D eigenvalue weighted by molar-refractivity contribution is 7.89. The van der Waals surface area contributed by atoms with Crippen LogP contribution in [0.1, 0.15) is 25.0 Å². The fourth-order valence-corrected chi connectivity index (χ4v) is 5.44. The maximum absolute atomic E-state index is 13.0. The number of hydrogen-bond donors (Lipinski definition) is 1. The van der Waals surface area contributed by atoms with Crippen molar-refractivity contribution in [1.82, 2.24) is 24.3 Å². The fourth-order valence-electron chi connectivity index (χ4n) is 3.73. The normalized spacial score (nSPS) is 22.3. The summed E-state index contributed by atoms with van der Waals surface area (Å²) in [7, 11) is -1.91. The molecule has 1 unspecified atom stereocenters. The third kappa shape index (κ3) is 4.91. The molecule has 0 aliphatic carbocycles. The van der Waals surface area contributed by atoms with Gasteiger partial charge in [-0.25, -0.2) is 8.42 Å². The third-order valence-corrected chi connectivity index (χ3v) is 7.59. The molecule has 2 saturated heterocycles. The third-order valence-electron chi connectivity index (χ3n) is 5.62. The van der Waals surface area contributed by atoms with Crippen molar-refractivity contribution in [2.45, 2.75) is 31.1 Å². The van der Waals surface area contributed by atoms with Gasteiger partial charge in [-0.1, -0.05) is 0 Å². The maximum Gasteiger partial charge on any atom is 0.246 e. The summed E-state index contributed by atoms with van der Waals surface area (Å²) in [4.78, 5) is 15.1. The quantitative estimate of drug-likeness (QED) is 0.631. The summed E-state index contributed by atoms with van der Waals surface area (Å²) in [5, 5.41) is 7.02. The van der Waals surface area contributed by atoms with Crippen molar-refractivity contribution in [3.63, 3.8) is 0 Å². The van der Waals surface area contributed by atoms with Crippen LogP contribution in [-0.2, 0) is 26.6 Å². The van der Waals surface area contributed by atoms with Gasteiger partial charge < -0.3 is 10.1 Å². The van der Waals surface area contributed by atoms with Crippen molar-refractivity contribution in [3.8, 4) is 0 Å². The van der Waals surface area contributed by atoms with E-state index in [2.05, 4.69) is 15.3 Å². The van der Waals surface area contributed by atoms with E-state index in [0.29, 0.717) is 31.6 Å². The molecular formula is C18H31N5O4S. The molecule has 3 rings (SSSR count). The minimum absolute atomic E-state index is 0.0511. The van der Waals surface area contributed by atoms with Gasteiger partial charge in [-0.15, -0.1) is 0 Å². The summed E-state index contributed by atoms with van der Waals surface area (Å²) in [6, 6.07) is 0. The first-order valence-corrected chi connectivity index (χ1v) is 11.4. The molecule has 2 aliphatic heterocycles. The first kappa shape index (κ1) is 21.2. The number of amides is 1. The molecular weight excluding hydrogens is 382 g/mol. The summed E-state index contributed by atoms with van der Waals surface area (Å²) in [5.41, 5.74) is 0.606. The minimum atomic E-state index is -3.63. The molecule has 0 spiro atoms. The van der Waals surface area contributed by atoms with Crippen LogP contribution in [0.25, 0.3) is 0 Å². The van der Waals surface area contributed by atoms with Crippen molar-refractivity contribution in [1.29, 1.82) is 0 Å². The van der Waals surface area contributed by atoms with Crippen LogP contribution in [0, 0.1) is 12.8 Å². The Morgan fingerprint density at radius 3 is 2.75 bits per heavy atom. The van der Waals surface area contributed by atoms with E-state index in [1.54, 1.807) is 18.7 Å². The molecule has 10 heteroatoms. The molecule has 0 radical (unpaired) electrons. The zero-order chi connectivity index (χ0) is 20.1. The molecule has 158 valence electrons. The van der Waals surface area contributed by atoms with Crippen LogP contribution in [0.15, 0.2) is 11.1 Å². The number of hydrogen-bond acceptors (Lipinski definition) is 6. The predicted molar refractivity (Wildman–Crippen MR) is 104 cm³/mol. The van der Waals surface area contributed by atoms with E-state index in [1.807, 2.05) is 0 Å². The molecule has 1 amide bonds. The summed E-state index contributed by atoms with van der Waals surface area (Å²) < 4.78 is 34.2. The number of ether oxygens (including phenoxy) is 1. The van der Waals surface area contributed by atoms with Gasteiger partial charge in [-0.2, -0.15) is 9.40 Å². The topological polar surface area (TPSA) is 96.8 Å². The van der Waals surface area contributed by atoms with Crippen LogP contribution in [0.4, 0.5) is 0 Å². The fraction of sp³-hybridized carbons (Fsp3) is 0.778. The van der Waals surface area contributed by atoms with Gasteiger partial charge in [0.05, 0.1) is 31.0 Å². The van der Waals surface area contributed by atoms with Gasteiger partial charge in [0.15, 0.2) is 0 Å². The number of sulfonamides is 1. The van der Waals surface area contributed by atoms with Crippen LogP contribution in [0.5, 0.6) is 0 Å². The number of aromatic nitrogens is 2. The number of nitrogens with one attached hydrogen (secondary N) is 1. The van der Waals surface area contributed by atoms with Gasteiger partial charge in [0.2, 0.25) is 15.9 Å². The molecule has 9 nitrogen and oxygen atoms in total. The summed E-state index contributed by atoms with van der Waals surface area (Å²) in [5.74, 6) is -0.353. The monoisotopic (exact) mass is 413 g/mol. The number of nitrogens with zero attached hydrogens (tertiary/aromatic N) is 4. The van der Waals surface area contributed by atoms with Gasteiger partial charge in [0, 0.05) is 39.8 Å². The van der Waals surface area contributed by atoms with E-state index in [-0.39, 0.29) is 23.3 Å². The van der Waals surface area contributed by atoms with Crippen molar-refractivity contribution >= 4 is 15.9 Å². The van der Waals surface area contributed by atoms with Crippen molar-refractivity contribution in [2.24, 2.45) is 13.0 Å². The number of morpholine rings is 1. The van der Waals surface area contributed by atoms with E-state index >= 15 is 0 Å². The molecule has 0 bridgehead atoms. The zero-order valence-electron chi connectivity index (χ0n) is 16.8. The lowest BCUT2D eigenvalue weighted by Gasteiger charge is -2.31. The molecule has 0 saturated carbocycles. The first-order valence-electron chi connectivity index (χ1n) is 9.96. The average Bonchev–Trinajstić information content (AvgIpc) is 3.05. The Morgan fingerprint density at radius 1 is 1.32 bits per heavy atom. The Kier molecular flexibility index (Phi) is 7.08. The SMILES string of the molecule is Cc1c(S(=O)(=O)N2CCCC(C(=O)NCCCN3CCOCC3)C2)cnn1C. The number of carbonyl (C=O) groups is 1. The van der Waals surface area contributed by atoms with Crippen molar-refractivity contribution < 1.29 is 17.9 Å². The number of piperidine rings is 1. The van der Waals surface area contributed by atoms with Gasteiger partial charge >= 0.3 is 0 Å². The highest BCUT2D eigenvalue weighted by Gasteiger charge is 2.34. The van der Waals surface area contributed by atoms with Gasteiger partial charge in [-0.3, -0.25) is 14.4 Å². The lowest BCUT2D eigenvalue weighted by molar-refractivity contribution is -0.126. The summed E-state index contributed by atoms with van der Waals surface area (Å²) in [6.45, 7) is 7.39. The van der Waals surface area contributed by atoms with Crippen molar-refractivity contribution in [3.05, 3.63) is 11.9 Å². The van der Waals surface area contributed by atoms with E-state index in [0.717, 1.165) is 39.3 Å². The second kappa shape index (κ2) is 9.34. The second-order valence-corrected chi connectivity index (χ2v) is 9.42. The molecule has 28 heavy (non-hydrogen) atoms. The lowest BCUT2D eigenvalue weighted by atomic mass is 9.99. The van der Waals surface area contributed by atoms with E-state index in [9.17, 15) is 13.2 Å². The van der Waals surface area contributed by atoms with Crippen LogP contribution in [-0.4, -0.2) is 85.8 Å². The van der Waals surface area contributed by atoms with Gasteiger partial charge in [0.25, 0.3) is 0 Å². The molecule has 0 aromatic carbocycles. The largest absolute Gasteiger partial charge is 0.379 e. The second-order valence-electron chi connectivity index (χ2n) is 7.52. The maximum atomic E-state index is 13.0. The number of carbonyl (C=O) groups excluding carboxylic acids is 1. The van der Waals surface area contributed by atoms with E-state index < -0.39 is 10.0 Å². The number of rotatable bonds is 7. The smallest absolute Gasteiger partial charge is 0.246 e. The van der Waals surface area contributed by atoms with Gasteiger partial charge in [-0.05, 0) is 32.7 Å². The molecule has 1 atom stereocenters. The van der Waals surface area contributed by atoms with Crippen LogP contribution >= 0.6 is 0 Å². The molecule has 2 aliphatic rings. The average molecular weight is 414 g/mol. The van der Waals surface area contributed by atoms with Gasteiger partial charge in [0.1, 0.15) is 4.90 Å². The Bertz CT molecular complexity index is 773. The van der Waals surface area contributed by atoms with Crippen LogP contribution in [0.3, 0.4) is 0 Å². The van der Waals surface area contributed by atoms with Crippen LogP contribution < -0.4 is 5.32 Å². The Balaban J connectivity index is 1.49. The van der Waals surface area contributed by atoms with Crippen molar-refractivity contribution in [2.75, 3.05) is 52.5 Å². The van der Waals surface area contributed by atoms with Crippen LogP contribution in [0.2, 0.25) is 0 Å². The standard InChI is InChI=1S/C18H31N5O4S/c1-15-17(13-20-21(15)2)28(25,26)23-8-3-5-16(14-23)18(24)19-6-4-7-22-9-11-27-12-10-22/h13,16H,3-12,14H2,1-2H3,(H,19,24). The first-order chi connectivity index (χ1) is 13.4. The van der Waals surface area contributed by atoms with E-state index in [1.165, 1.54) is 10.5 Å². The predicted octanol–water partition coefficient (Wildman–Crippen LogP) is -0.0323. The molecule has 3 heterocycles. The molecule has 1 aromatic rings. The minimum Gasteiger partial charge on any atom is -0.379 e. The molecule has 2 fully saturated rings. The number of aryl methyl sites for hydroxylation is 1. The lowest BCUT2D eigenvalue weighted by Crippen LogP contribution is -2.46. The highest BCUT2D eigenvalue weighted by atomic mass is 32.2. The Morgan fingerprint density at radius 2 is 2.07 bits per heavy atom.